The van der Waals surface area contributed by atoms with Crippen molar-refractivity contribution in [2.75, 3.05) is 6.54 Å². The topological polar surface area (TPSA) is 92.4 Å². The Hall–Kier alpha value is -1.85. The summed E-state index contributed by atoms with van der Waals surface area (Å²) < 4.78 is 5.16. The first-order valence-electron chi connectivity index (χ1n) is 5.76. The largest absolute Gasteiger partial charge is 0.481 e. The average molecular weight is 254 g/mol. The van der Waals surface area contributed by atoms with Crippen molar-refractivity contribution >= 4 is 11.9 Å². The summed E-state index contributed by atoms with van der Waals surface area (Å²) in [5, 5.41) is 11.7. The van der Waals surface area contributed by atoms with Gasteiger partial charge in [-0.05, 0) is 20.3 Å². The molecule has 1 aromatic rings. The molecule has 0 aliphatic rings. The Kier molecular flexibility index (Phi) is 4.11. The number of oxazole rings is 1. The number of carboxylic acids is 1. The van der Waals surface area contributed by atoms with Gasteiger partial charge in [0, 0.05) is 13.5 Å². The lowest BCUT2D eigenvalue weighted by Crippen LogP contribution is -2.40. The van der Waals surface area contributed by atoms with Gasteiger partial charge < -0.3 is 14.8 Å². The fraction of sp³-hybridized carbons (Fsp3) is 0.583. The molecule has 0 aliphatic carbocycles. The van der Waals surface area contributed by atoms with Gasteiger partial charge in [0.25, 0.3) is 5.91 Å². The zero-order valence-corrected chi connectivity index (χ0v) is 11.0. The Balaban J connectivity index is 2.72. The van der Waals surface area contributed by atoms with Crippen molar-refractivity contribution in [2.24, 2.45) is 5.41 Å². The van der Waals surface area contributed by atoms with Gasteiger partial charge >= 0.3 is 5.97 Å². The molecule has 2 N–H and O–H groups in total. The number of nitrogens with zero attached hydrogens (tertiary/aromatic N) is 1. The molecule has 6 heteroatoms. The van der Waals surface area contributed by atoms with Crippen LogP contribution in [0.4, 0.5) is 0 Å². The van der Waals surface area contributed by atoms with Crippen molar-refractivity contribution in [3.05, 3.63) is 17.3 Å². The highest BCUT2D eigenvalue weighted by Crippen LogP contribution is 2.20. The van der Waals surface area contributed by atoms with Crippen LogP contribution in [-0.2, 0) is 4.79 Å². The Morgan fingerprint density at radius 1 is 1.44 bits per heavy atom. The molecule has 0 radical (unpaired) electrons. The quantitative estimate of drug-likeness (QED) is 0.831. The summed E-state index contributed by atoms with van der Waals surface area (Å²) in [5.41, 5.74) is -0.475. The number of amides is 1. The Bertz CT molecular complexity index is 467. The molecule has 0 saturated carbocycles. The Labute approximate surface area is 105 Å². The van der Waals surface area contributed by atoms with Crippen molar-refractivity contribution in [2.45, 2.75) is 34.1 Å². The first kappa shape index (κ1) is 14.2. The van der Waals surface area contributed by atoms with Crippen LogP contribution >= 0.6 is 0 Å². The second-order valence-electron chi connectivity index (χ2n) is 4.55. The molecular weight excluding hydrogens is 236 g/mol. The third-order valence-electron chi connectivity index (χ3n) is 3.05. The summed E-state index contributed by atoms with van der Waals surface area (Å²) in [6.07, 6.45) is 0.428. The number of hydrogen-bond donors (Lipinski definition) is 2. The number of carboxylic acid groups (broad SMARTS) is 1. The zero-order valence-electron chi connectivity index (χ0n) is 11.0. The number of rotatable bonds is 5. The molecule has 0 fully saturated rings. The molecule has 0 aromatic carbocycles. The number of hydrogen-bond acceptors (Lipinski definition) is 4. The minimum Gasteiger partial charge on any atom is -0.481 e. The van der Waals surface area contributed by atoms with Gasteiger partial charge in [-0.2, -0.15) is 0 Å². The first-order valence-corrected chi connectivity index (χ1v) is 5.76. The van der Waals surface area contributed by atoms with E-state index < -0.39 is 17.3 Å². The van der Waals surface area contributed by atoms with Crippen LogP contribution < -0.4 is 5.32 Å². The normalized spacial score (nSPS) is 14.0. The summed E-state index contributed by atoms with van der Waals surface area (Å²) in [5.74, 6) is -0.824. The molecule has 0 spiro atoms. The summed E-state index contributed by atoms with van der Waals surface area (Å²) in [7, 11) is 0. The summed E-state index contributed by atoms with van der Waals surface area (Å²) in [6.45, 7) is 6.73. The molecular formula is C12H18N2O4. The van der Waals surface area contributed by atoms with Crippen molar-refractivity contribution < 1.29 is 19.1 Å². The van der Waals surface area contributed by atoms with E-state index in [1.54, 1.807) is 27.7 Å². The predicted octanol–water partition coefficient (Wildman–Crippen LogP) is 1.52. The van der Waals surface area contributed by atoms with Gasteiger partial charge in [0.1, 0.15) is 0 Å². The van der Waals surface area contributed by atoms with Gasteiger partial charge in [-0.15, -0.1) is 0 Å². The molecule has 1 amide bonds. The third kappa shape index (κ3) is 2.88. The molecule has 100 valence electrons. The second-order valence-corrected chi connectivity index (χ2v) is 4.55. The van der Waals surface area contributed by atoms with Crippen LogP contribution in [0.3, 0.4) is 0 Å². The maximum absolute atomic E-state index is 11.8. The van der Waals surface area contributed by atoms with E-state index in [0.717, 1.165) is 0 Å². The molecule has 1 unspecified atom stereocenters. The fourth-order valence-corrected chi connectivity index (χ4v) is 1.45. The molecule has 0 saturated heterocycles. The van der Waals surface area contributed by atoms with Crippen molar-refractivity contribution in [3.63, 3.8) is 0 Å². The Morgan fingerprint density at radius 3 is 2.44 bits per heavy atom. The molecule has 1 aromatic heterocycles. The minimum absolute atomic E-state index is 0.0524. The molecule has 0 bridgehead atoms. The van der Waals surface area contributed by atoms with Crippen LogP contribution in [-0.4, -0.2) is 28.5 Å². The molecule has 1 rings (SSSR count). The predicted molar refractivity (Wildman–Crippen MR) is 64.3 cm³/mol. The van der Waals surface area contributed by atoms with Crippen LogP contribution in [0.25, 0.3) is 0 Å². The van der Waals surface area contributed by atoms with Gasteiger partial charge in [0.15, 0.2) is 5.89 Å². The van der Waals surface area contributed by atoms with Crippen molar-refractivity contribution in [1.82, 2.24) is 10.3 Å². The highest BCUT2D eigenvalue weighted by molar-refractivity contribution is 5.92. The molecule has 18 heavy (non-hydrogen) atoms. The van der Waals surface area contributed by atoms with Gasteiger partial charge in [0.2, 0.25) is 5.76 Å². The SMILES string of the molecule is CCC(C)(CNC(=O)c1oc(C)nc1C)C(=O)O. The highest BCUT2D eigenvalue weighted by atomic mass is 16.4. The average Bonchev–Trinajstić information content (AvgIpc) is 2.64. The second kappa shape index (κ2) is 5.20. The van der Waals surface area contributed by atoms with Gasteiger partial charge in [-0.25, -0.2) is 4.98 Å². The summed E-state index contributed by atoms with van der Waals surface area (Å²) in [4.78, 5) is 26.9. The standard InChI is InChI=1S/C12H18N2O4/c1-5-12(4,11(16)17)6-13-10(15)9-7(2)14-8(3)18-9/h5-6H2,1-4H3,(H,13,15)(H,16,17). The number of aromatic nitrogens is 1. The first-order chi connectivity index (χ1) is 8.30. The molecule has 0 aliphatic heterocycles. The van der Waals surface area contributed by atoms with Crippen molar-refractivity contribution in [3.8, 4) is 0 Å². The van der Waals surface area contributed by atoms with Crippen molar-refractivity contribution in [1.29, 1.82) is 0 Å². The van der Waals surface area contributed by atoms with Crippen LogP contribution in [0.15, 0.2) is 4.42 Å². The maximum atomic E-state index is 11.8. The number of carbonyl (C=O) groups excluding carboxylic acids is 1. The number of carbonyl (C=O) groups is 2. The zero-order chi connectivity index (χ0) is 13.9. The molecule has 1 atom stereocenters. The monoisotopic (exact) mass is 254 g/mol. The van der Waals surface area contributed by atoms with Gasteiger partial charge in [0.05, 0.1) is 11.1 Å². The van der Waals surface area contributed by atoms with Crippen LogP contribution in [0, 0.1) is 19.3 Å². The van der Waals surface area contributed by atoms with E-state index in [9.17, 15) is 9.59 Å². The smallest absolute Gasteiger partial charge is 0.311 e. The Morgan fingerprint density at radius 2 is 2.06 bits per heavy atom. The van der Waals surface area contributed by atoms with E-state index in [2.05, 4.69) is 10.3 Å². The lowest BCUT2D eigenvalue weighted by Gasteiger charge is -2.22. The lowest BCUT2D eigenvalue weighted by molar-refractivity contribution is -0.147. The fourth-order valence-electron chi connectivity index (χ4n) is 1.45. The van der Waals surface area contributed by atoms with Crippen LogP contribution in [0.2, 0.25) is 0 Å². The maximum Gasteiger partial charge on any atom is 0.311 e. The van der Waals surface area contributed by atoms with Crippen LogP contribution in [0.1, 0.15) is 42.4 Å². The van der Waals surface area contributed by atoms with E-state index in [1.807, 2.05) is 0 Å². The number of nitrogens with one attached hydrogen (secondary N) is 1. The van der Waals surface area contributed by atoms with E-state index in [-0.39, 0.29) is 12.3 Å². The highest BCUT2D eigenvalue weighted by Gasteiger charge is 2.32. The number of aliphatic carboxylic acids is 1. The third-order valence-corrected chi connectivity index (χ3v) is 3.05. The van der Waals surface area contributed by atoms with Gasteiger partial charge in [-0.3, -0.25) is 9.59 Å². The van der Waals surface area contributed by atoms with E-state index in [0.29, 0.717) is 18.0 Å². The summed E-state index contributed by atoms with van der Waals surface area (Å²) in [6, 6.07) is 0. The van der Waals surface area contributed by atoms with E-state index in [4.69, 9.17) is 9.52 Å². The van der Waals surface area contributed by atoms with E-state index >= 15 is 0 Å². The summed E-state index contributed by atoms with van der Waals surface area (Å²) >= 11 is 0. The van der Waals surface area contributed by atoms with Gasteiger partial charge in [-0.1, -0.05) is 6.92 Å². The minimum atomic E-state index is -0.974. The lowest BCUT2D eigenvalue weighted by atomic mass is 9.88. The van der Waals surface area contributed by atoms with E-state index in [1.165, 1.54) is 0 Å². The molecule has 6 nitrogen and oxygen atoms in total. The molecule has 1 heterocycles. The van der Waals surface area contributed by atoms with Crippen LogP contribution in [0.5, 0.6) is 0 Å². The number of aryl methyl sites for hydroxylation is 2.